The number of benzene rings is 1. The summed E-state index contributed by atoms with van der Waals surface area (Å²) in [4.78, 5) is 40.1. The molecule has 6 rings (SSSR count). The predicted molar refractivity (Wildman–Crippen MR) is 134 cm³/mol. The average Bonchev–Trinajstić information content (AvgIpc) is 3.49. The van der Waals surface area contributed by atoms with E-state index in [1.165, 1.54) is 5.01 Å². The summed E-state index contributed by atoms with van der Waals surface area (Å²) in [7, 11) is 0. The van der Waals surface area contributed by atoms with Crippen LogP contribution in [0.25, 0.3) is 0 Å². The summed E-state index contributed by atoms with van der Waals surface area (Å²) in [5.41, 5.74) is 1.98. The lowest BCUT2D eigenvalue weighted by molar-refractivity contribution is -0.125. The summed E-state index contributed by atoms with van der Waals surface area (Å²) in [6.45, 7) is 2.56. The zero-order valence-electron chi connectivity index (χ0n) is 20.8. The number of ether oxygens (including phenoxy) is 2. The minimum absolute atomic E-state index is 0.0240. The number of allylic oxidation sites excluding steroid dienone is 1. The molecular formula is C27H31N5O5. The summed E-state index contributed by atoms with van der Waals surface area (Å²) in [6.07, 6.45) is 9.79. The van der Waals surface area contributed by atoms with E-state index in [1.54, 1.807) is 18.0 Å². The van der Waals surface area contributed by atoms with E-state index < -0.39 is 12.1 Å². The molecule has 10 heteroatoms. The summed E-state index contributed by atoms with van der Waals surface area (Å²) < 4.78 is 11.5. The van der Waals surface area contributed by atoms with Crippen LogP contribution >= 0.6 is 0 Å². The zero-order chi connectivity index (χ0) is 25.6. The van der Waals surface area contributed by atoms with E-state index in [4.69, 9.17) is 9.47 Å². The summed E-state index contributed by atoms with van der Waals surface area (Å²) in [5, 5.41) is 11.7. The molecule has 0 bridgehead atoms. The fraction of sp³-hybridized carbons (Fsp3) is 0.481. The van der Waals surface area contributed by atoms with Gasteiger partial charge in [0, 0.05) is 42.6 Å². The summed E-state index contributed by atoms with van der Waals surface area (Å²) in [6, 6.07) is 6.81. The highest BCUT2D eigenvalue weighted by Crippen LogP contribution is 2.48. The molecule has 1 aromatic carbocycles. The van der Waals surface area contributed by atoms with Crippen LogP contribution in [-0.4, -0.2) is 58.9 Å². The van der Waals surface area contributed by atoms with Gasteiger partial charge in [-0.1, -0.05) is 18.2 Å². The normalized spacial score (nSPS) is 26.9. The number of urea groups is 1. The molecule has 5 aliphatic rings. The second-order valence-corrected chi connectivity index (χ2v) is 10.2. The highest BCUT2D eigenvalue weighted by molar-refractivity contribution is 5.84. The van der Waals surface area contributed by atoms with Crippen LogP contribution in [0.3, 0.4) is 0 Å². The van der Waals surface area contributed by atoms with Crippen molar-refractivity contribution in [3.05, 3.63) is 53.4 Å². The molecule has 2 fully saturated rings. The van der Waals surface area contributed by atoms with Gasteiger partial charge in [-0.15, -0.1) is 0 Å². The number of hydrogen-bond donors (Lipinski definition) is 2. The van der Waals surface area contributed by atoms with E-state index in [2.05, 4.69) is 15.7 Å². The Morgan fingerprint density at radius 1 is 1.24 bits per heavy atom. The van der Waals surface area contributed by atoms with E-state index >= 15 is 0 Å². The predicted octanol–water partition coefficient (Wildman–Crippen LogP) is 3.58. The Balaban J connectivity index is 1.24. The number of nitrogens with one attached hydrogen (secondary N) is 2. The Morgan fingerprint density at radius 2 is 2.08 bits per heavy atom. The van der Waals surface area contributed by atoms with Crippen molar-refractivity contribution in [3.8, 4) is 5.75 Å². The number of likely N-dealkylation sites (tertiary alicyclic amines) is 1. The highest BCUT2D eigenvalue weighted by atomic mass is 16.6. The number of amides is 4. The maximum Gasteiger partial charge on any atom is 0.430 e. The van der Waals surface area contributed by atoms with Crippen molar-refractivity contribution in [1.82, 2.24) is 20.5 Å². The molecule has 3 atom stereocenters. The third kappa shape index (κ3) is 4.24. The highest BCUT2D eigenvalue weighted by Gasteiger charge is 2.46. The van der Waals surface area contributed by atoms with Gasteiger partial charge in [0.1, 0.15) is 11.4 Å². The molecule has 1 aromatic rings. The molecule has 0 radical (unpaired) electrons. The average molecular weight is 506 g/mol. The number of fused-ring (bicyclic) bond motifs is 2. The Labute approximate surface area is 215 Å². The molecule has 4 amide bonds. The van der Waals surface area contributed by atoms with Gasteiger partial charge in [-0.2, -0.15) is 10.1 Å². The topological polar surface area (TPSA) is 113 Å². The minimum Gasteiger partial charge on any atom is -0.487 e. The van der Waals surface area contributed by atoms with Crippen molar-refractivity contribution in [2.24, 2.45) is 11.0 Å². The molecule has 194 valence electrons. The molecule has 0 aromatic heterocycles. The molecule has 3 aliphatic heterocycles. The minimum atomic E-state index is -0.565. The van der Waals surface area contributed by atoms with Crippen molar-refractivity contribution in [2.75, 3.05) is 13.2 Å². The second-order valence-electron chi connectivity index (χ2n) is 10.2. The van der Waals surface area contributed by atoms with Crippen LogP contribution in [0, 0.1) is 5.92 Å². The quantitative estimate of drug-likeness (QED) is 0.650. The molecule has 1 saturated heterocycles. The number of nitrogens with zero attached hydrogens (tertiary/aromatic N) is 3. The van der Waals surface area contributed by atoms with Crippen molar-refractivity contribution in [2.45, 2.75) is 63.1 Å². The third-order valence-corrected chi connectivity index (χ3v) is 7.87. The van der Waals surface area contributed by atoms with Crippen molar-refractivity contribution < 1.29 is 23.9 Å². The molecule has 3 heterocycles. The van der Waals surface area contributed by atoms with Crippen LogP contribution in [0.4, 0.5) is 9.59 Å². The fourth-order valence-electron chi connectivity index (χ4n) is 5.89. The maximum absolute atomic E-state index is 13.4. The number of carbonyl (C=O) groups excluding carboxylic acids is 3. The van der Waals surface area contributed by atoms with Crippen LogP contribution in [0.1, 0.15) is 57.1 Å². The Kier molecular flexibility index (Phi) is 5.89. The number of hydrogen-bond acceptors (Lipinski definition) is 6. The Hall–Kier alpha value is -3.82. The molecule has 2 aliphatic carbocycles. The number of para-hydroxylation sites is 1. The van der Waals surface area contributed by atoms with Gasteiger partial charge in [0.25, 0.3) is 0 Å². The van der Waals surface area contributed by atoms with Gasteiger partial charge in [-0.25, -0.2) is 9.59 Å². The van der Waals surface area contributed by atoms with Crippen LogP contribution in [0.5, 0.6) is 5.75 Å². The van der Waals surface area contributed by atoms with E-state index in [9.17, 15) is 14.4 Å². The van der Waals surface area contributed by atoms with Gasteiger partial charge >= 0.3 is 12.1 Å². The second kappa shape index (κ2) is 9.24. The first kappa shape index (κ1) is 23.6. The van der Waals surface area contributed by atoms with E-state index in [1.807, 2.05) is 36.4 Å². The van der Waals surface area contributed by atoms with Crippen LogP contribution < -0.4 is 15.4 Å². The van der Waals surface area contributed by atoms with Gasteiger partial charge in [0.05, 0.1) is 24.6 Å². The SMILES string of the molecule is CCOC(=O)N1N=CC2C(NC(=O)NC3CC4(CCC4)Oc4ccccc43)=CC(N3CCCC3=O)=CC21. The monoisotopic (exact) mass is 505 g/mol. The molecular weight excluding hydrogens is 474 g/mol. The lowest BCUT2D eigenvalue weighted by Gasteiger charge is -2.48. The van der Waals surface area contributed by atoms with E-state index in [-0.39, 0.29) is 36.1 Å². The van der Waals surface area contributed by atoms with E-state index in [0.29, 0.717) is 30.8 Å². The van der Waals surface area contributed by atoms with Crippen molar-refractivity contribution in [3.63, 3.8) is 0 Å². The molecule has 37 heavy (non-hydrogen) atoms. The summed E-state index contributed by atoms with van der Waals surface area (Å²) >= 11 is 0. The maximum atomic E-state index is 13.4. The standard InChI is InChI=1S/C27H31N5O5/c1-2-36-26(35)32-22-14-17(31-12-5-9-24(31)33)13-20(19(22)16-28-32)29-25(34)30-21-15-27(10-6-11-27)37-23-8-4-3-7-18(21)23/h3-4,7-8,13-14,16,19,21-22H,2,5-6,9-12,15H2,1H3,(H2,29,30,34). The van der Waals surface area contributed by atoms with Crippen molar-refractivity contribution in [1.29, 1.82) is 0 Å². The largest absolute Gasteiger partial charge is 0.487 e. The fourth-order valence-corrected chi connectivity index (χ4v) is 5.89. The molecule has 1 spiro atoms. The zero-order valence-corrected chi connectivity index (χ0v) is 20.8. The smallest absolute Gasteiger partial charge is 0.430 e. The molecule has 3 unspecified atom stereocenters. The first-order valence-electron chi connectivity index (χ1n) is 13.1. The van der Waals surface area contributed by atoms with Crippen LogP contribution in [0.15, 0.2) is 52.9 Å². The van der Waals surface area contributed by atoms with E-state index in [0.717, 1.165) is 37.0 Å². The Morgan fingerprint density at radius 3 is 2.81 bits per heavy atom. The van der Waals surface area contributed by atoms with Gasteiger partial charge in [-0.3, -0.25) is 4.79 Å². The lowest BCUT2D eigenvalue weighted by Crippen LogP contribution is -2.51. The van der Waals surface area contributed by atoms with Gasteiger partial charge in [0.2, 0.25) is 5.91 Å². The number of rotatable bonds is 4. The third-order valence-electron chi connectivity index (χ3n) is 7.87. The number of carbonyl (C=O) groups is 3. The first-order chi connectivity index (χ1) is 18.0. The molecule has 10 nitrogen and oxygen atoms in total. The first-order valence-corrected chi connectivity index (χ1v) is 13.1. The van der Waals surface area contributed by atoms with Crippen molar-refractivity contribution >= 4 is 24.2 Å². The van der Waals surface area contributed by atoms with Gasteiger partial charge < -0.3 is 25.0 Å². The summed E-state index contributed by atoms with van der Waals surface area (Å²) in [5.74, 6) is 0.481. The van der Waals surface area contributed by atoms with Gasteiger partial charge in [-0.05, 0) is 50.8 Å². The molecule has 2 N–H and O–H groups in total. The Bertz CT molecular complexity index is 1220. The van der Waals surface area contributed by atoms with Crippen LogP contribution in [-0.2, 0) is 9.53 Å². The lowest BCUT2D eigenvalue weighted by atomic mass is 9.73. The van der Waals surface area contributed by atoms with Crippen LogP contribution in [0.2, 0.25) is 0 Å². The van der Waals surface area contributed by atoms with Gasteiger partial charge in [0.15, 0.2) is 0 Å². The number of hydrazone groups is 1. The molecule has 1 saturated carbocycles.